The highest BCUT2D eigenvalue weighted by Gasteiger charge is 2.54. The lowest BCUT2D eigenvalue weighted by atomic mass is 9.44. The van der Waals surface area contributed by atoms with Crippen LogP contribution in [0.15, 0.2) is 170 Å². The minimum atomic E-state index is -0.0933. The first-order valence-electron chi connectivity index (χ1n) is 29.8. The van der Waals surface area contributed by atoms with Gasteiger partial charge < -0.3 is 13.8 Å². The maximum atomic E-state index is 7.46. The maximum absolute atomic E-state index is 7.46. The van der Waals surface area contributed by atoms with Crippen molar-refractivity contribution < 1.29 is 4.42 Å². The fraction of sp³-hybridized carbons (Fsp3) is 0.333. The van der Waals surface area contributed by atoms with E-state index in [1.807, 2.05) is 23.5 Å². The van der Waals surface area contributed by atoms with Crippen molar-refractivity contribution in [3.63, 3.8) is 0 Å². The number of furan rings is 1. The van der Waals surface area contributed by atoms with E-state index in [2.05, 4.69) is 176 Å². The van der Waals surface area contributed by atoms with E-state index < -0.39 is 0 Å². The van der Waals surface area contributed by atoms with Gasteiger partial charge >= 0.3 is 6.85 Å². The van der Waals surface area contributed by atoms with E-state index >= 15 is 0 Å². The van der Waals surface area contributed by atoms with Gasteiger partial charge in [-0.05, 0) is 235 Å². The summed E-state index contributed by atoms with van der Waals surface area (Å²) in [7, 11) is 0. The molecule has 3 nitrogen and oxygen atoms in total. The molecule has 8 bridgehead atoms. The van der Waals surface area contributed by atoms with Crippen LogP contribution in [0.5, 0.6) is 0 Å². The van der Waals surface area contributed by atoms with E-state index in [9.17, 15) is 0 Å². The van der Waals surface area contributed by atoms with Crippen LogP contribution in [-0.2, 0) is 16.2 Å². The Morgan fingerprint density at radius 2 is 1.12 bits per heavy atom. The SMILES string of the molecule is CC(C)(C)c1ccc(N2c3cc4c(cc3B3c5c2cc2c(oc6ccccc62)c5-c2cc(C56CC7CC(CC(C7)C5)C6)cc5c6cc(C78CC9CC(CC(C9)C7)C8)ccc6n3c25)Sc2ccccc2S4)c(-c2ccccc2)c1. The molecule has 0 saturated heterocycles. The molecule has 6 heteroatoms. The van der Waals surface area contributed by atoms with Gasteiger partial charge in [-0.25, -0.2) is 0 Å². The third kappa shape index (κ3) is 6.07. The minimum Gasteiger partial charge on any atom is -0.455 e. The molecule has 11 aliphatic rings. The first kappa shape index (κ1) is 44.7. The Hall–Kier alpha value is -6.08. The van der Waals surface area contributed by atoms with Gasteiger partial charge in [-0.3, -0.25) is 0 Å². The highest BCUT2D eigenvalue weighted by molar-refractivity contribution is 8.05. The molecule has 21 rings (SSSR count). The molecule has 8 fully saturated rings. The normalized spacial score (nSPS) is 27.5. The van der Waals surface area contributed by atoms with Gasteiger partial charge in [0.1, 0.15) is 11.2 Å². The zero-order valence-corrected chi connectivity index (χ0v) is 46.6. The Balaban J connectivity index is 0.958. The largest absolute Gasteiger partial charge is 0.455 e. The van der Waals surface area contributed by atoms with Gasteiger partial charge in [0.15, 0.2) is 0 Å². The van der Waals surface area contributed by atoms with Crippen LogP contribution < -0.4 is 15.8 Å². The molecular formula is C72H63BN2OS2. The molecule has 8 aliphatic carbocycles. The van der Waals surface area contributed by atoms with Gasteiger partial charge in [0.05, 0.1) is 5.69 Å². The molecule has 0 N–H and O–H groups in total. The Bertz CT molecular complexity index is 4240. The number of rotatable bonds is 4. The molecule has 0 radical (unpaired) electrons. The van der Waals surface area contributed by atoms with Gasteiger partial charge in [-0.15, -0.1) is 0 Å². The predicted octanol–water partition coefficient (Wildman–Crippen LogP) is 18.6. The molecule has 0 atom stereocenters. The van der Waals surface area contributed by atoms with Crippen molar-refractivity contribution >= 4 is 102 Å². The second kappa shape index (κ2) is 15.4. The second-order valence-electron chi connectivity index (χ2n) is 27.7. The lowest BCUT2D eigenvalue weighted by Gasteiger charge is -2.57. The van der Waals surface area contributed by atoms with Crippen LogP contribution in [0.1, 0.15) is 115 Å². The summed E-state index contributed by atoms with van der Waals surface area (Å²) in [6, 6.07) is 57.9. The third-order valence-electron chi connectivity index (χ3n) is 22.0. The van der Waals surface area contributed by atoms with E-state index in [4.69, 9.17) is 4.42 Å². The number of hydrogen-bond acceptors (Lipinski definition) is 4. The molecule has 0 spiro atoms. The molecule has 0 amide bonds. The van der Waals surface area contributed by atoms with Crippen molar-refractivity contribution in [3.05, 3.63) is 162 Å². The smallest absolute Gasteiger partial charge is 0.333 e. The summed E-state index contributed by atoms with van der Waals surface area (Å²) in [5.41, 5.74) is 21.6. The number of anilines is 3. The average molecular weight is 1050 g/mol. The molecule has 382 valence electrons. The van der Waals surface area contributed by atoms with Crippen LogP contribution >= 0.6 is 23.5 Å². The zero-order chi connectivity index (χ0) is 51.1. The van der Waals surface area contributed by atoms with Crippen molar-refractivity contribution in [2.24, 2.45) is 35.5 Å². The van der Waals surface area contributed by atoms with Crippen LogP contribution in [0.25, 0.3) is 66.0 Å². The predicted molar refractivity (Wildman–Crippen MR) is 326 cm³/mol. The first-order chi connectivity index (χ1) is 38.1. The van der Waals surface area contributed by atoms with Crippen molar-refractivity contribution in [2.75, 3.05) is 4.90 Å². The fourth-order valence-corrected chi connectivity index (χ4v) is 21.9. The quantitative estimate of drug-likeness (QED) is 0.164. The van der Waals surface area contributed by atoms with Crippen LogP contribution in [-0.4, -0.2) is 11.3 Å². The van der Waals surface area contributed by atoms with Gasteiger partial charge in [0.25, 0.3) is 0 Å². The standard InChI is InChI=1S/C72H63BN2OS2/c1-70(2,3)47-17-19-57(51(27-47)46-11-5-4-6-12-46)74-59-33-65-64(77-62-15-9-10-16-63(62)78-65)32-56(59)73-67-60(74)31-54-50-13-7-8-14-61(50)76-69(54)66(67)55-30-49(72-37-43-24-44(38-72)26-45(25-43)39-72)29-53-52-28-48(18-20-58(52)75(73)68(53)55)71-34-40-21-41(35-71)23-42(22-40)36-71/h4-20,27-33,40-45H,21-26,34-39H2,1-3H3. The minimum absolute atomic E-state index is 0.0322. The third-order valence-corrected chi connectivity index (χ3v) is 24.6. The topological polar surface area (TPSA) is 21.3 Å². The molecule has 8 aromatic carbocycles. The number of aromatic nitrogens is 1. The molecule has 8 saturated carbocycles. The van der Waals surface area contributed by atoms with Crippen LogP contribution in [0.3, 0.4) is 0 Å². The number of fused-ring (bicyclic) bond motifs is 13. The summed E-state index contributed by atoms with van der Waals surface area (Å²) in [5.74, 6) is 5.24. The molecule has 10 aromatic rings. The van der Waals surface area contributed by atoms with Crippen LogP contribution in [0, 0.1) is 35.5 Å². The number of hydrogen-bond donors (Lipinski definition) is 0. The molecular weight excluding hydrogens is 984 g/mol. The molecule has 2 aromatic heterocycles. The lowest BCUT2D eigenvalue weighted by Crippen LogP contribution is -2.57. The van der Waals surface area contributed by atoms with Gasteiger partial charge in [0.2, 0.25) is 0 Å². The van der Waals surface area contributed by atoms with E-state index in [-0.39, 0.29) is 17.7 Å². The van der Waals surface area contributed by atoms with Crippen LogP contribution in [0.2, 0.25) is 0 Å². The Kier molecular flexibility index (Phi) is 8.85. The number of para-hydroxylation sites is 1. The van der Waals surface area contributed by atoms with E-state index in [0.717, 1.165) is 46.7 Å². The fourth-order valence-electron chi connectivity index (χ4n) is 19.6. The van der Waals surface area contributed by atoms with Gasteiger partial charge in [0, 0.05) is 80.2 Å². The number of benzene rings is 8. The van der Waals surface area contributed by atoms with E-state index in [1.54, 1.807) is 11.1 Å². The summed E-state index contributed by atoms with van der Waals surface area (Å²) >= 11 is 3.89. The molecule has 5 heterocycles. The summed E-state index contributed by atoms with van der Waals surface area (Å²) < 4.78 is 10.3. The summed E-state index contributed by atoms with van der Waals surface area (Å²) in [6.45, 7) is 6.97. The van der Waals surface area contributed by atoms with Gasteiger partial charge in [-0.1, -0.05) is 117 Å². The lowest BCUT2D eigenvalue weighted by molar-refractivity contribution is -0.00527. The van der Waals surface area contributed by atoms with Crippen molar-refractivity contribution in [1.29, 1.82) is 0 Å². The van der Waals surface area contributed by atoms with Crippen LogP contribution in [0.4, 0.5) is 17.1 Å². The van der Waals surface area contributed by atoms with Gasteiger partial charge in [-0.2, -0.15) is 0 Å². The molecule has 0 unspecified atom stereocenters. The van der Waals surface area contributed by atoms with Crippen molar-refractivity contribution in [3.8, 4) is 22.3 Å². The van der Waals surface area contributed by atoms with Crippen molar-refractivity contribution in [1.82, 2.24) is 4.48 Å². The average Bonchev–Trinajstić information content (AvgIpc) is 3.84. The maximum Gasteiger partial charge on any atom is 0.333 e. The number of nitrogens with zero attached hydrogens (tertiary/aromatic N) is 2. The highest BCUT2D eigenvalue weighted by Crippen LogP contribution is 2.64. The first-order valence-corrected chi connectivity index (χ1v) is 31.5. The highest BCUT2D eigenvalue weighted by atomic mass is 32.2. The Labute approximate surface area is 466 Å². The Morgan fingerprint density at radius 1 is 0.500 bits per heavy atom. The van der Waals surface area contributed by atoms with E-state index in [0.29, 0.717) is 5.41 Å². The Morgan fingerprint density at radius 3 is 1.79 bits per heavy atom. The molecule has 3 aliphatic heterocycles. The molecule has 78 heavy (non-hydrogen) atoms. The van der Waals surface area contributed by atoms with E-state index in [1.165, 1.54) is 185 Å². The zero-order valence-electron chi connectivity index (χ0n) is 45.0. The monoisotopic (exact) mass is 1050 g/mol. The second-order valence-corrected chi connectivity index (χ2v) is 29.8. The summed E-state index contributed by atoms with van der Waals surface area (Å²) in [6.07, 6.45) is 16.9. The van der Waals surface area contributed by atoms with Crippen molar-refractivity contribution in [2.45, 2.75) is 134 Å². The summed E-state index contributed by atoms with van der Waals surface area (Å²) in [5, 5.41) is 5.35. The summed E-state index contributed by atoms with van der Waals surface area (Å²) in [4.78, 5) is 8.06.